The highest BCUT2D eigenvalue weighted by Crippen LogP contribution is 2.31. The van der Waals surface area contributed by atoms with Crippen molar-refractivity contribution in [2.24, 2.45) is 5.73 Å². The Balaban J connectivity index is 2.14. The second kappa shape index (κ2) is 7.08. The van der Waals surface area contributed by atoms with Gasteiger partial charge in [0.2, 0.25) is 11.7 Å². The first kappa shape index (κ1) is 15.3. The SMILES string of the molecule is CCOc1cccc(CN)c1OCc1noc(C(C)C)n1. The van der Waals surface area contributed by atoms with Crippen LogP contribution in [-0.4, -0.2) is 16.7 Å². The zero-order valence-corrected chi connectivity index (χ0v) is 12.6. The molecule has 2 N–H and O–H groups in total. The lowest BCUT2D eigenvalue weighted by atomic mass is 10.2. The number of nitrogens with two attached hydrogens (primary N) is 1. The van der Waals surface area contributed by atoms with Crippen molar-refractivity contribution in [3.05, 3.63) is 35.5 Å². The Bertz CT molecular complexity index is 581. The van der Waals surface area contributed by atoms with E-state index in [0.29, 0.717) is 36.4 Å². The number of nitrogens with zero attached hydrogens (tertiary/aromatic N) is 2. The minimum absolute atomic E-state index is 0.196. The summed E-state index contributed by atoms with van der Waals surface area (Å²) in [6, 6.07) is 5.66. The lowest BCUT2D eigenvalue weighted by molar-refractivity contribution is 0.255. The van der Waals surface area contributed by atoms with E-state index in [1.54, 1.807) is 0 Å². The van der Waals surface area contributed by atoms with E-state index in [1.165, 1.54) is 0 Å². The molecular weight excluding hydrogens is 270 g/mol. The lowest BCUT2D eigenvalue weighted by Crippen LogP contribution is -2.06. The molecule has 0 radical (unpaired) electrons. The fourth-order valence-corrected chi connectivity index (χ4v) is 1.85. The first-order chi connectivity index (χ1) is 10.2. The largest absolute Gasteiger partial charge is 0.490 e. The van der Waals surface area contributed by atoms with Crippen molar-refractivity contribution < 1.29 is 14.0 Å². The molecule has 6 nitrogen and oxygen atoms in total. The van der Waals surface area contributed by atoms with Crippen molar-refractivity contribution in [1.82, 2.24) is 10.1 Å². The summed E-state index contributed by atoms with van der Waals surface area (Å²) in [6.45, 7) is 7.06. The molecule has 0 aliphatic rings. The van der Waals surface area contributed by atoms with Crippen LogP contribution in [0.4, 0.5) is 0 Å². The van der Waals surface area contributed by atoms with E-state index in [9.17, 15) is 0 Å². The summed E-state index contributed by atoms with van der Waals surface area (Å²) in [5.41, 5.74) is 6.63. The van der Waals surface area contributed by atoms with Crippen molar-refractivity contribution >= 4 is 0 Å². The third-order valence-electron chi connectivity index (χ3n) is 2.90. The van der Waals surface area contributed by atoms with Gasteiger partial charge in [-0.25, -0.2) is 0 Å². The fourth-order valence-electron chi connectivity index (χ4n) is 1.85. The molecule has 1 aromatic heterocycles. The molecule has 0 amide bonds. The van der Waals surface area contributed by atoms with Crippen LogP contribution >= 0.6 is 0 Å². The van der Waals surface area contributed by atoms with Crippen molar-refractivity contribution in [1.29, 1.82) is 0 Å². The Hall–Kier alpha value is -2.08. The van der Waals surface area contributed by atoms with Gasteiger partial charge >= 0.3 is 0 Å². The molecule has 2 rings (SSSR count). The Morgan fingerprint density at radius 3 is 2.71 bits per heavy atom. The molecule has 1 aromatic carbocycles. The normalized spacial score (nSPS) is 10.9. The Labute approximate surface area is 124 Å². The Kier molecular flexibility index (Phi) is 5.16. The van der Waals surface area contributed by atoms with Gasteiger partial charge in [0.1, 0.15) is 0 Å². The molecule has 0 saturated carbocycles. The topological polar surface area (TPSA) is 83.4 Å². The fraction of sp³-hybridized carbons (Fsp3) is 0.467. The smallest absolute Gasteiger partial charge is 0.229 e. The van der Waals surface area contributed by atoms with E-state index in [2.05, 4.69) is 10.1 Å². The first-order valence-corrected chi connectivity index (χ1v) is 7.05. The van der Waals surface area contributed by atoms with Gasteiger partial charge in [-0.3, -0.25) is 0 Å². The van der Waals surface area contributed by atoms with Gasteiger partial charge in [0, 0.05) is 18.0 Å². The van der Waals surface area contributed by atoms with Crippen molar-refractivity contribution in [2.75, 3.05) is 6.61 Å². The Morgan fingerprint density at radius 1 is 1.29 bits per heavy atom. The van der Waals surface area contributed by atoms with Crippen LogP contribution in [0.5, 0.6) is 11.5 Å². The number of hydrogen-bond donors (Lipinski definition) is 1. The molecule has 0 saturated heterocycles. The van der Waals surface area contributed by atoms with Gasteiger partial charge < -0.3 is 19.7 Å². The van der Waals surface area contributed by atoms with Crippen LogP contribution < -0.4 is 15.2 Å². The number of ether oxygens (including phenoxy) is 2. The van der Waals surface area contributed by atoms with E-state index in [1.807, 2.05) is 39.0 Å². The molecule has 0 aliphatic carbocycles. The van der Waals surface area contributed by atoms with Crippen LogP contribution in [0.15, 0.2) is 22.7 Å². The third-order valence-corrected chi connectivity index (χ3v) is 2.90. The minimum atomic E-state index is 0.196. The average Bonchev–Trinajstić information content (AvgIpc) is 2.95. The molecule has 114 valence electrons. The van der Waals surface area contributed by atoms with Crippen molar-refractivity contribution in [3.63, 3.8) is 0 Å². The number of hydrogen-bond acceptors (Lipinski definition) is 6. The molecule has 0 aliphatic heterocycles. The molecule has 6 heteroatoms. The van der Waals surface area contributed by atoms with Crippen LogP contribution in [0.25, 0.3) is 0 Å². The molecule has 1 heterocycles. The van der Waals surface area contributed by atoms with E-state index >= 15 is 0 Å². The molecule has 21 heavy (non-hydrogen) atoms. The number of rotatable bonds is 7. The summed E-state index contributed by atoms with van der Waals surface area (Å²) in [7, 11) is 0. The van der Waals surface area contributed by atoms with Gasteiger partial charge in [0.15, 0.2) is 18.1 Å². The maximum atomic E-state index is 5.80. The molecule has 0 atom stereocenters. The second-order valence-electron chi connectivity index (χ2n) is 4.87. The second-order valence-corrected chi connectivity index (χ2v) is 4.87. The molecule has 2 aromatic rings. The maximum absolute atomic E-state index is 5.80. The minimum Gasteiger partial charge on any atom is -0.490 e. The van der Waals surface area contributed by atoms with Crippen LogP contribution in [0.2, 0.25) is 0 Å². The van der Waals surface area contributed by atoms with E-state index < -0.39 is 0 Å². The highest BCUT2D eigenvalue weighted by atomic mass is 16.5. The molecule has 0 fully saturated rings. The van der Waals surface area contributed by atoms with Gasteiger partial charge in [-0.15, -0.1) is 0 Å². The zero-order valence-electron chi connectivity index (χ0n) is 12.6. The quantitative estimate of drug-likeness (QED) is 0.844. The van der Waals surface area contributed by atoms with Crippen LogP contribution in [0, 0.1) is 0 Å². The number of para-hydroxylation sites is 1. The molecule has 0 bridgehead atoms. The van der Waals surface area contributed by atoms with Gasteiger partial charge in [-0.05, 0) is 13.0 Å². The first-order valence-electron chi connectivity index (χ1n) is 7.05. The highest BCUT2D eigenvalue weighted by molar-refractivity contribution is 5.46. The average molecular weight is 291 g/mol. The van der Waals surface area contributed by atoms with Gasteiger partial charge in [0.05, 0.1) is 6.61 Å². The van der Waals surface area contributed by atoms with E-state index in [0.717, 1.165) is 5.56 Å². The summed E-state index contributed by atoms with van der Waals surface area (Å²) >= 11 is 0. The number of benzene rings is 1. The predicted molar refractivity (Wildman–Crippen MR) is 78.2 cm³/mol. The summed E-state index contributed by atoms with van der Waals surface area (Å²) in [4.78, 5) is 4.28. The van der Waals surface area contributed by atoms with Crippen LogP contribution in [-0.2, 0) is 13.2 Å². The summed E-state index contributed by atoms with van der Waals surface area (Å²) in [5, 5.41) is 3.90. The standard InChI is InChI=1S/C15H21N3O3/c1-4-19-12-7-5-6-11(8-16)14(12)20-9-13-17-15(10(2)3)21-18-13/h5-7,10H,4,8-9,16H2,1-3H3. The molecular formula is C15H21N3O3. The zero-order chi connectivity index (χ0) is 15.2. The van der Waals surface area contributed by atoms with Gasteiger partial charge in [-0.2, -0.15) is 4.98 Å². The molecule has 0 unspecified atom stereocenters. The molecule has 0 spiro atoms. The van der Waals surface area contributed by atoms with E-state index in [-0.39, 0.29) is 12.5 Å². The monoisotopic (exact) mass is 291 g/mol. The highest BCUT2D eigenvalue weighted by Gasteiger charge is 2.14. The summed E-state index contributed by atoms with van der Waals surface area (Å²) < 4.78 is 16.5. The summed E-state index contributed by atoms with van der Waals surface area (Å²) in [6.07, 6.45) is 0. The summed E-state index contributed by atoms with van der Waals surface area (Å²) in [5.74, 6) is 2.62. The lowest BCUT2D eigenvalue weighted by Gasteiger charge is -2.14. The van der Waals surface area contributed by atoms with Crippen molar-refractivity contribution in [3.8, 4) is 11.5 Å². The maximum Gasteiger partial charge on any atom is 0.229 e. The van der Waals surface area contributed by atoms with Crippen LogP contribution in [0.1, 0.15) is 44.0 Å². The predicted octanol–water partition coefficient (Wildman–Crippen LogP) is 2.63. The van der Waals surface area contributed by atoms with Crippen molar-refractivity contribution in [2.45, 2.75) is 39.8 Å². The van der Waals surface area contributed by atoms with Crippen LogP contribution in [0.3, 0.4) is 0 Å². The van der Waals surface area contributed by atoms with E-state index in [4.69, 9.17) is 19.7 Å². The van der Waals surface area contributed by atoms with Gasteiger partial charge in [0.25, 0.3) is 0 Å². The third kappa shape index (κ3) is 3.72. The number of aromatic nitrogens is 2. The Morgan fingerprint density at radius 2 is 2.10 bits per heavy atom. The van der Waals surface area contributed by atoms with Gasteiger partial charge in [-0.1, -0.05) is 31.1 Å².